The molecule has 8 heteroatoms. The monoisotopic (exact) mass is 469 g/mol. The molecule has 3 rings (SSSR count). The molecule has 0 aromatic heterocycles. The average molecular weight is 470 g/mol. The number of hydrogen-bond donors (Lipinski definition) is 0. The quantitative estimate of drug-likeness (QED) is 0.366. The van der Waals surface area contributed by atoms with Crippen molar-refractivity contribution >= 4 is 46.1 Å². The van der Waals surface area contributed by atoms with Crippen LogP contribution in [0, 0.1) is 25.1 Å². The Kier molecular flexibility index (Phi) is 6.94. The number of thiocarbonyl (C=S) groups is 1. The van der Waals surface area contributed by atoms with Crippen molar-refractivity contribution in [1.82, 2.24) is 0 Å². The maximum Gasteiger partial charge on any atom is 0.259 e. The van der Waals surface area contributed by atoms with E-state index in [4.69, 9.17) is 18.8 Å². The molecule has 2 aromatic rings. The Hall–Kier alpha value is -3.18. The van der Waals surface area contributed by atoms with Crippen LogP contribution in [-0.4, -0.2) is 22.3 Å². The van der Waals surface area contributed by atoms with Crippen molar-refractivity contribution in [1.29, 1.82) is 0 Å². The van der Waals surface area contributed by atoms with E-state index in [9.17, 15) is 18.4 Å². The lowest BCUT2D eigenvalue weighted by atomic mass is 10.0. The van der Waals surface area contributed by atoms with Gasteiger partial charge in [-0.1, -0.05) is 13.0 Å². The summed E-state index contributed by atoms with van der Waals surface area (Å²) in [4.78, 5) is 30.7. The molecule has 1 amide bonds. The summed E-state index contributed by atoms with van der Waals surface area (Å²) in [5, 5.41) is 0.0274. The Bertz CT molecular complexity index is 1190. The van der Waals surface area contributed by atoms with Gasteiger partial charge in [0.2, 0.25) is 0 Å². The van der Waals surface area contributed by atoms with Crippen LogP contribution in [0.4, 0.5) is 25.8 Å². The van der Waals surface area contributed by atoms with E-state index in [2.05, 4.69) is 4.85 Å². The Morgan fingerprint density at radius 3 is 2.48 bits per heavy atom. The van der Waals surface area contributed by atoms with E-state index in [0.717, 1.165) is 11.0 Å². The van der Waals surface area contributed by atoms with Crippen LogP contribution in [0.2, 0.25) is 0 Å². The van der Waals surface area contributed by atoms with E-state index in [1.807, 2.05) is 0 Å². The van der Waals surface area contributed by atoms with E-state index in [0.29, 0.717) is 42.5 Å². The van der Waals surface area contributed by atoms with E-state index in [1.165, 1.54) is 17.0 Å². The van der Waals surface area contributed by atoms with Gasteiger partial charge >= 0.3 is 0 Å². The summed E-state index contributed by atoms with van der Waals surface area (Å²) in [6.45, 7) is 13.9. The molecule has 2 aromatic carbocycles. The van der Waals surface area contributed by atoms with E-state index in [-0.39, 0.29) is 22.3 Å². The number of nitrogens with zero attached hydrogens (tertiary/aromatic N) is 3. The first-order chi connectivity index (χ1) is 15.5. The van der Waals surface area contributed by atoms with Crippen molar-refractivity contribution in [2.75, 3.05) is 9.80 Å². The number of ketones is 1. The summed E-state index contributed by atoms with van der Waals surface area (Å²) >= 11 is 5.55. The van der Waals surface area contributed by atoms with Gasteiger partial charge in [-0.3, -0.25) is 14.5 Å². The van der Waals surface area contributed by atoms with Crippen molar-refractivity contribution < 1.29 is 18.4 Å². The van der Waals surface area contributed by atoms with E-state index in [1.54, 1.807) is 39.8 Å². The first-order valence-electron chi connectivity index (χ1n) is 10.7. The van der Waals surface area contributed by atoms with Gasteiger partial charge in [0.15, 0.2) is 10.8 Å². The number of carbonyl (C=O) groups is 2. The number of carbonyl (C=O) groups excluding carboxylic acids is 2. The molecule has 0 unspecified atom stereocenters. The molecular formula is C25H25F2N3O2S. The topological polar surface area (TPSA) is 45.0 Å². The molecule has 1 fully saturated rings. The summed E-state index contributed by atoms with van der Waals surface area (Å²) in [7, 11) is 0. The first kappa shape index (κ1) is 24.5. The summed E-state index contributed by atoms with van der Waals surface area (Å²) < 4.78 is 29.7. The fourth-order valence-corrected chi connectivity index (χ4v) is 4.43. The van der Waals surface area contributed by atoms with Gasteiger partial charge in [-0.15, -0.1) is 0 Å². The van der Waals surface area contributed by atoms with Crippen LogP contribution in [0.15, 0.2) is 30.3 Å². The van der Waals surface area contributed by atoms with Gasteiger partial charge in [0.1, 0.15) is 23.0 Å². The van der Waals surface area contributed by atoms with E-state index < -0.39 is 23.1 Å². The van der Waals surface area contributed by atoms with Gasteiger partial charge in [0.25, 0.3) is 5.91 Å². The molecule has 33 heavy (non-hydrogen) atoms. The Labute approximate surface area is 197 Å². The second-order valence-corrected chi connectivity index (χ2v) is 8.91. The zero-order valence-electron chi connectivity index (χ0n) is 19.0. The predicted molar refractivity (Wildman–Crippen MR) is 129 cm³/mol. The molecule has 1 aliphatic rings. The summed E-state index contributed by atoms with van der Waals surface area (Å²) in [6, 6.07) is 7.12. The lowest BCUT2D eigenvalue weighted by molar-refractivity contribution is -0.120. The number of halogens is 2. The van der Waals surface area contributed by atoms with Crippen molar-refractivity contribution in [2.45, 2.75) is 58.9 Å². The van der Waals surface area contributed by atoms with Gasteiger partial charge in [-0.25, -0.2) is 13.6 Å². The number of amides is 1. The van der Waals surface area contributed by atoms with Crippen LogP contribution >= 0.6 is 12.2 Å². The highest BCUT2D eigenvalue weighted by Gasteiger charge is 2.51. The van der Waals surface area contributed by atoms with E-state index >= 15 is 0 Å². The van der Waals surface area contributed by atoms with Crippen molar-refractivity contribution in [3.8, 4) is 0 Å². The smallest absolute Gasteiger partial charge is 0.259 e. The molecule has 5 nitrogen and oxygen atoms in total. The normalized spacial score (nSPS) is 15.2. The summed E-state index contributed by atoms with van der Waals surface area (Å²) in [5.41, 5.74) is 0.306. The lowest BCUT2D eigenvalue weighted by Gasteiger charge is -2.29. The molecule has 0 radical (unpaired) electrons. The van der Waals surface area contributed by atoms with Gasteiger partial charge in [-0.2, -0.15) is 0 Å². The predicted octanol–water partition coefficient (Wildman–Crippen LogP) is 6.04. The number of Topliss-reactive ketones (excluding diaryl/α,β-unsaturated/α-hetero) is 1. The molecular weight excluding hydrogens is 444 g/mol. The zero-order valence-corrected chi connectivity index (χ0v) is 19.9. The second-order valence-electron chi connectivity index (χ2n) is 8.54. The molecule has 1 saturated heterocycles. The lowest BCUT2D eigenvalue weighted by Crippen LogP contribution is -2.44. The van der Waals surface area contributed by atoms with Crippen LogP contribution in [-0.2, 0) is 16.0 Å². The average Bonchev–Trinajstić information content (AvgIpc) is 2.94. The maximum absolute atomic E-state index is 14.9. The minimum Gasteiger partial charge on any atom is -0.303 e. The van der Waals surface area contributed by atoms with Gasteiger partial charge in [0, 0.05) is 18.5 Å². The second kappa shape index (κ2) is 9.36. The highest BCUT2D eigenvalue weighted by molar-refractivity contribution is 7.81. The third-order valence-electron chi connectivity index (χ3n) is 5.89. The molecule has 0 aliphatic carbocycles. The minimum absolute atomic E-state index is 0.0274. The van der Waals surface area contributed by atoms with Gasteiger partial charge in [0.05, 0.1) is 12.3 Å². The van der Waals surface area contributed by atoms with Crippen molar-refractivity contribution in [3.05, 3.63) is 64.5 Å². The number of aryl methyl sites for hydroxylation is 2. The molecule has 1 aliphatic heterocycles. The molecule has 172 valence electrons. The van der Waals surface area contributed by atoms with Crippen molar-refractivity contribution in [2.24, 2.45) is 0 Å². The number of benzene rings is 2. The summed E-state index contributed by atoms with van der Waals surface area (Å²) in [5.74, 6) is -1.50. The SMILES string of the molecule is [C-]#[N+]c1cc(F)c(N2C(=O)C(C)(C)N(c3ccc(CCCC(=O)CC)c(F)c3)C2=S)cc1C. The standard InChI is InChI=1S/C25H25F2N3O2S/c1-6-18(31)9-7-8-16-10-11-17(13-19(16)26)30-24(33)29(23(32)25(30,3)4)22-12-15(2)21(28-5)14-20(22)27/h10-14H,6-9H2,1-4H3. The minimum atomic E-state index is -1.18. The van der Waals surface area contributed by atoms with Crippen LogP contribution < -0.4 is 9.80 Å². The van der Waals surface area contributed by atoms with Crippen LogP contribution in [0.1, 0.15) is 51.2 Å². The highest BCUT2D eigenvalue weighted by Crippen LogP contribution is 2.39. The molecule has 1 heterocycles. The molecule has 0 spiro atoms. The summed E-state index contributed by atoms with van der Waals surface area (Å²) in [6.07, 6.45) is 1.85. The van der Waals surface area contributed by atoms with Crippen LogP contribution in [0.5, 0.6) is 0 Å². The highest BCUT2D eigenvalue weighted by atomic mass is 32.1. The van der Waals surface area contributed by atoms with Crippen molar-refractivity contribution in [3.63, 3.8) is 0 Å². The largest absolute Gasteiger partial charge is 0.303 e. The third-order valence-corrected chi connectivity index (χ3v) is 6.25. The Morgan fingerprint density at radius 1 is 1.18 bits per heavy atom. The van der Waals surface area contributed by atoms with Crippen LogP contribution in [0.25, 0.3) is 4.85 Å². The third kappa shape index (κ3) is 4.51. The maximum atomic E-state index is 14.9. The Morgan fingerprint density at radius 2 is 1.88 bits per heavy atom. The number of hydrogen-bond acceptors (Lipinski definition) is 3. The number of anilines is 2. The molecule has 0 saturated carbocycles. The molecule has 0 bridgehead atoms. The number of rotatable bonds is 7. The van der Waals surface area contributed by atoms with Gasteiger partial charge in [-0.05, 0) is 81.2 Å². The van der Waals surface area contributed by atoms with Gasteiger partial charge < -0.3 is 4.90 Å². The fourth-order valence-electron chi connectivity index (χ4n) is 3.92. The molecule has 0 N–H and O–H groups in total. The zero-order chi connectivity index (χ0) is 24.5. The Balaban J connectivity index is 1.93. The first-order valence-corrected chi connectivity index (χ1v) is 11.1. The van der Waals surface area contributed by atoms with Crippen LogP contribution in [0.3, 0.4) is 0 Å². The molecule has 0 atom stereocenters. The fraction of sp³-hybridized carbons (Fsp3) is 0.360.